The minimum atomic E-state index is 0. The highest BCUT2D eigenvalue weighted by Crippen LogP contribution is 2.16. The molecule has 2 N–H and O–H groups in total. The van der Waals surface area contributed by atoms with Gasteiger partial charge in [0.2, 0.25) is 0 Å². The van der Waals surface area contributed by atoms with Crippen LogP contribution in [-0.4, -0.2) is 44.1 Å². The van der Waals surface area contributed by atoms with Gasteiger partial charge in [0.1, 0.15) is 0 Å². The summed E-state index contributed by atoms with van der Waals surface area (Å²) >= 11 is 0. The van der Waals surface area contributed by atoms with Crippen LogP contribution in [0.5, 0.6) is 0 Å². The number of guanidine groups is 1. The zero-order chi connectivity index (χ0) is 18.9. The molecule has 4 nitrogen and oxygen atoms in total. The van der Waals surface area contributed by atoms with Crippen LogP contribution in [0, 0.1) is 5.92 Å². The maximum Gasteiger partial charge on any atom is 0.191 e. The molecule has 0 aromatic heterocycles. The molecular formula is C23H33IN4. The van der Waals surface area contributed by atoms with Crippen LogP contribution in [0.25, 0.3) is 0 Å². The van der Waals surface area contributed by atoms with Crippen molar-refractivity contribution in [1.29, 1.82) is 0 Å². The molecule has 1 aliphatic rings. The third-order valence-corrected chi connectivity index (χ3v) is 5.36. The van der Waals surface area contributed by atoms with Crippen molar-refractivity contribution in [2.24, 2.45) is 10.9 Å². The molecule has 0 radical (unpaired) electrons. The Morgan fingerprint density at radius 1 is 1.11 bits per heavy atom. The summed E-state index contributed by atoms with van der Waals surface area (Å²) in [4.78, 5) is 6.98. The smallest absolute Gasteiger partial charge is 0.191 e. The SMILES string of the molecule is CN=C(NCC1CCN(CCc2ccccc2)C1)NC(C)c1ccccc1.I. The lowest BCUT2D eigenvalue weighted by Crippen LogP contribution is -2.41. The minimum Gasteiger partial charge on any atom is -0.356 e. The van der Waals surface area contributed by atoms with E-state index in [1.54, 1.807) is 0 Å². The summed E-state index contributed by atoms with van der Waals surface area (Å²) in [5.74, 6) is 1.57. The number of nitrogens with one attached hydrogen (secondary N) is 2. The fourth-order valence-corrected chi connectivity index (χ4v) is 3.68. The van der Waals surface area contributed by atoms with E-state index in [1.807, 2.05) is 13.1 Å². The second-order valence-corrected chi connectivity index (χ2v) is 7.42. The average molecular weight is 492 g/mol. The standard InChI is InChI=1S/C23H32N4.HI/c1-19(22-11-7-4-8-12-22)26-23(24-2)25-17-21-14-16-27(18-21)15-13-20-9-5-3-6-10-20;/h3-12,19,21H,13-18H2,1-2H3,(H2,24,25,26);1H. The van der Waals surface area contributed by atoms with Crippen LogP contribution in [0.1, 0.15) is 30.5 Å². The van der Waals surface area contributed by atoms with Crippen molar-refractivity contribution in [3.63, 3.8) is 0 Å². The predicted octanol–water partition coefficient (Wildman–Crippen LogP) is 4.10. The van der Waals surface area contributed by atoms with Crippen LogP contribution in [0.3, 0.4) is 0 Å². The molecule has 0 aliphatic carbocycles. The van der Waals surface area contributed by atoms with Gasteiger partial charge in [0.15, 0.2) is 5.96 Å². The first kappa shape index (κ1) is 22.7. The van der Waals surface area contributed by atoms with Gasteiger partial charge in [-0.05, 0) is 43.4 Å². The number of halogens is 1. The third-order valence-electron chi connectivity index (χ3n) is 5.36. The zero-order valence-electron chi connectivity index (χ0n) is 17.0. The van der Waals surface area contributed by atoms with Crippen molar-refractivity contribution < 1.29 is 0 Å². The van der Waals surface area contributed by atoms with Gasteiger partial charge in [-0.25, -0.2) is 0 Å². The molecule has 2 atom stereocenters. The highest BCUT2D eigenvalue weighted by atomic mass is 127. The largest absolute Gasteiger partial charge is 0.356 e. The van der Waals surface area contributed by atoms with Crippen LogP contribution in [-0.2, 0) is 6.42 Å². The second kappa shape index (κ2) is 12.1. The van der Waals surface area contributed by atoms with Gasteiger partial charge in [0.25, 0.3) is 0 Å². The Morgan fingerprint density at radius 2 is 1.79 bits per heavy atom. The number of aliphatic imine (C=N–C) groups is 1. The number of hydrogen-bond donors (Lipinski definition) is 2. The Balaban J connectivity index is 0.00000280. The maximum absolute atomic E-state index is 4.39. The Kier molecular flexibility index (Phi) is 9.78. The molecule has 5 heteroatoms. The second-order valence-electron chi connectivity index (χ2n) is 7.42. The minimum absolute atomic E-state index is 0. The lowest BCUT2D eigenvalue weighted by atomic mass is 10.1. The maximum atomic E-state index is 4.39. The summed E-state index contributed by atoms with van der Waals surface area (Å²) in [6, 6.07) is 21.5. The van der Waals surface area contributed by atoms with Gasteiger partial charge in [0.05, 0.1) is 6.04 Å². The molecule has 1 saturated heterocycles. The fourth-order valence-electron chi connectivity index (χ4n) is 3.68. The number of nitrogens with zero attached hydrogens (tertiary/aromatic N) is 2. The Labute approximate surface area is 186 Å². The first-order chi connectivity index (χ1) is 13.2. The normalized spacial score (nSPS) is 18.4. The van der Waals surface area contributed by atoms with Crippen LogP contribution in [0.4, 0.5) is 0 Å². The van der Waals surface area contributed by atoms with E-state index in [9.17, 15) is 0 Å². The van der Waals surface area contributed by atoms with Crippen LogP contribution in [0.15, 0.2) is 65.7 Å². The van der Waals surface area contributed by atoms with Gasteiger partial charge in [-0.15, -0.1) is 24.0 Å². The fraction of sp³-hybridized carbons (Fsp3) is 0.435. The average Bonchev–Trinajstić information content (AvgIpc) is 3.18. The van der Waals surface area contributed by atoms with E-state index in [2.05, 4.69) is 82.0 Å². The molecule has 0 saturated carbocycles. The molecule has 1 fully saturated rings. The summed E-state index contributed by atoms with van der Waals surface area (Å²) in [6.07, 6.45) is 2.39. The molecule has 2 aromatic rings. The van der Waals surface area contributed by atoms with E-state index < -0.39 is 0 Å². The van der Waals surface area contributed by atoms with Gasteiger partial charge in [-0.3, -0.25) is 4.99 Å². The van der Waals surface area contributed by atoms with Crippen LogP contribution < -0.4 is 10.6 Å². The van der Waals surface area contributed by atoms with Gasteiger partial charge < -0.3 is 15.5 Å². The first-order valence-corrected chi connectivity index (χ1v) is 10.0. The van der Waals surface area contributed by atoms with Crippen molar-refractivity contribution in [1.82, 2.24) is 15.5 Å². The van der Waals surface area contributed by atoms with E-state index in [0.717, 1.165) is 25.5 Å². The van der Waals surface area contributed by atoms with Crippen molar-refractivity contribution in [2.75, 3.05) is 33.2 Å². The van der Waals surface area contributed by atoms with Crippen LogP contribution >= 0.6 is 24.0 Å². The number of rotatable bonds is 7. The molecular weight excluding hydrogens is 459 g/mol. The molecule has 0 amide bonds. The summed E-state index contributed by atoms with van der Waals surface area (Å²) in [6.45, 7) is 6.67. The van der Waals surface area contributed by atoms with Crippen molar-refractivity contribution in [2.45, 2.75) is 25.8 Å². The van der Waals surface area contributed by atoms with E-state index in [0.29, 0.717) is 5.92 Å². The summed E-state index contributed by atoms with van der Waals surface area (Å²) in [5, 5.41) is 7.01. The number of benzene rings is 2. The summed E-state index contributed by atoms with van der Waals surface area (Å²) < 4.78 is 0. The molecule has 1 heterocycles. The molecule has 28 heavy (non-hydrogen) atoms. The quantitative estimate of drug-likeness (QED) is 0.348. The molecule has 0 spiro atoms. The molecule has 3 rings (SSSR count). The molecule has 152 valence electrons. The predicted molar refractivity (Wildman–Crippen MR) is 129 cm³/mol. The highest BCUT2D eigenvalue weighted by Gasteiger charge is 2.22. The lowest BCUT2D eigenvalue weighted by Gasteiger charge is -2.20. The Bertz CT molecular complexity index is 705. The number of hydrogen-bond acceptors (Lipinski definition) is 2. The van der Waals surface area contributed by atoms with Gasteiger partial charge >= 0.3 is 0 Å². The van der Waals surface area contributed by atoms with E-state index in [4.69, 9.17) is 0 Å². The molecule has 2 unspecified atom stereocenters. The van der Waals surface area contributed by atoms with E-state index in [1.165, 1.54) is 30.6 Å². The van der Waals surface area contributed by atoms with Crippen molar-refractivity contribution in [3.05, 3.63) is 71.8 Å². The van der Waals surface area contributed by atoms with Gasteiger partial charge in [-0.2, -0.15) is 0 Å². The Morgan fingerprint density at radius 3 is 2.46 bits per heavy atom. The number of likely N-dealkylation sites (tertiary alicyclic amines) is 1. The van der Waals surface area contributed by atoms with Crippen molar-refractivity contribution in [3.8, 4) is 0 Å². The highest BCUT2D eigenvalue weighted by molar-refractivity contribution is 14.0. The first-order valence-electron chi connectivity index (χ1n) is 10.0. The summed E-state index contributed by atoms with van der Waals surface area (Å²) in [7, 11) is 1.84. The van der Waals surface area contributed by atoms with Gasteiger partial charge in [-0.1, -0.05) is 60.7 Å². The van der Waals surface area contributed by atoms with E-state index >= 15 is 0 Å². The van der Waals surface area contributed by atoms with Gasteiger partial charge in [0, 0.05) is 26.7 Å². The zero-order valence-corrected chi connectivity index (χ0v) is 19.3. The van der Waals surface area contributed by atoms with Crippen LogP contribution in [0.2, 0.25) is 0 Å². The summed E-state index contributed by atoms with van der Waals surface area (Å²) in [5.41, 5.74) is 2.70. The third kappa shape index (κ3) is 7.09. The van der Waals surface area contributed by atoms with Crippen molar-refractivity contribution >= 4 is 29.9 Å². The Hall–Kier alpha value is -1.60. The van der Waals surface area contributed by atoms with E-state index in [-0.39, 0.29) is 30.0 Å². The lowest BCUT2D eigenvalue weighted by molar-refractivity contribution is 0.328. The molecule has 2 aromatic carbocycles. The monoisotopic (exact) mass is 492 g/mol. The molecule has 1 aliphatic heterocycles. The topological polar surface area (TPSA) is 39.7 Å². The molecule has 0 bridgehead atoms.